The first-order valence-electron chi connectivity index (χ1n) is 7.27. The zero-order chi connectivity index (χ0) is 14.4. The molecular weight excluding hydrogens is 252 g/mol. The minimum absolute atomic E-state index is 0.0537. The highest BCUT2D eigenvalue weighted by Gasteiger charge is 2.32. The van der Waals surface area contributed by atoms with Gasteiger partial charge in [-0.25, -0.2) is 0 Å². The van der Waals surface area contributed by atoms with Crippen LogP contribution in [0.3, 0.4) is 0 Å². The van der Waals surface area contributed by atoms with E-state index >= 15 is 0 Å². The van der Waals surface area contributed by atoms with E-state index in [-0.39, 0.29) is 11.3 Å². The normalized spacial score (nSPS) is 16.9. The minimum atomic E-state index is 0.0537. The number of ether oxygens (including phenoxy) is 1. The molecule has 0 aromatic heterocycles. The van der Waals surface area contributed by atoms with Gasteiger partial charge in [-0.2, -0.15) is 0 Å². The standard InChI is InChI=1S/C16H24N2O2/c1-20-14-6-4-5-13(9-14)10-15(19)18-12-16(11-17)7-2-3-8-16/h4-6,9H,2-3,7-8,10-12,17H2,1H3,(H,18,19). The smallest absolute Gasteiger partial charge is 0.224 e. The lowest BCUT2D eigenvalue weighted by Crippen LogP contribution is -2.41. The van der Waals surface area contributed by atoms with Crippen molar-refractivity contribution in [2.45, 2.75) is 32.1 Å². The summed E-state index contributed by atoms with van der Waals surface area (Å²) in [5.74, 6) is 0.836. The molecule has 2 rings (SSSR count). The van der Waals surface area contributed by atoms with Gasteiger partial charge in [-0.1, -0.05) is 25.0 Å². The highest BCUT2D eigenvalue weighted by Crippen LogP contribution is 2.36. The van der Waals surface area contributed by atoms with Gasteiger partial charge >= 0.3 is 0 Å². The number of nitrogens with one attached hydrogen (secondary N) is 1. The summed E-state index contributed by atoms with van der Waals surface area (Å²) in [4.78, 5) is 12.0. The van der Waals surface area contributed by atoms with Gasteiger partial charge in [0.1, 0.15) is 5.75 Å². The second-order valence-electron chi connectivity index (χ2n) is 5.72. The van der Waals surface area contributed by atoms with Gasteiger partial charge in [0.2, 0.25) is 5.91 Å². The Labute approximate surface area is 120 Å². The molecule has 0 spiro atoms. The number of amides is 1. The molecular formula is C16H24N2O2. The number of hydrogen-bond acceptors (Lipinski definition) is 3. The van der Waals surface area contributed by atoms with Crippen LogP contribution in [0.1, 0.15) is 31.2 Å². The van der Waals surface area contributed by atoms with E-state index in [1.807, 2.05) is 24.3 Å². The third kappa shape index (κ3) is 3.73. The molecule has 1 aliphatic rings. The molecule has 20 heavy (non-hydrogen) atoms. The van der Waals surface area contributed by atoms with Gasteiger partial charge in [-0.05, 0) is 42.5 Å². The molecule has 0 atom stereocenters. The lowest BCUT2D eigenvalue weighted by atomic mass is 9.86. The number of carbonyl (C=O) groups is 1. The molecule has 1 fully saturated rings. The Bertz CT molecular complexity index is 454. The van der Waals surface area contributed by atoms with E-state index < -0.39 is 0 Å². The van der Waals surface area contributed by atoms with Gasteiger partial charge in [0.05, 0.1) is 13.5 Å². The van der Waals surface area contributed by atoms with E-state index in [4.69, 9.17) is 10.5 Å². The van der Waals surface area contributed by atoms with Crippen molar-refractivity contribution in [1.29, 1.82) is 0 Å². The van der Waals surface area contributed by atoms with Crippen molar-refractivity contribution in [1.82, 2.24) is 5.32 Å². The topological polar surface area (TPSA) is 64.3 Å². The van der Waals surface area contributed by atoms with Crippen LogP contribution in [0.25, 0.3) is 0 Å². The van der Waals surface area contributed by atoms with Crippen LogP contribution in [-0.2, 0) is 11.2 Å². The fourth-order valence-corrected chi connectivity index (χ4v) is 2.89. The Morgan fingerprint density at radius 3 is 2.80 bits per heavy atom. The molecule has 1 aliphatic carbocycles. The molecule has 0 heterocycles. The van der Waals surface area contributed by atoms with Gasteiger partial charge in [-0.3, -0.25) is 4.79 Å². The Hall–Kier alpha value is -1.55. The predicted octanol–water partition coefficient (Wildman–Crippen LogP) is 1.87. The van der Waals surface area contributed by atoms with E-state index in [0.717, 1.165) is 24.2 Å². The molecule has 1 saturated carbocycles. The van der Waals surface area contributed by atoms with Crippen molar-refractivity contribution in [2.75, 3.05) is 20.2 Å². The van der Waals surface area contributed by atoms with Crippen LogP contribution in [0.5, 0.6) is 5.75 Å². The number of rotatable bonds is 6. The van der Waals surface area contributed by atoms with E-state index in [2.05, 4.69) is 5.32 Å². The van der Waals surface area contributed by atoms with Gasteiger partial charge in [0, 0.05) is 6.54 Å². The molecule has 4 heteroatoms. The molecule has 110 valence electrons. The zero-order valence-corrected chi connectivity index (χ0v) is 12.2. The van der Waals surface area contributed by atoms with Gasteiger partial charge in [0.25, 0.3) is 0 Å². The summed E-state index contributed by atoms with van der Waals surface area (Å²) in [6.07, 6.45) is 5.09. The van der Waals surface area contributed by atoms with Crippen LogP contribution in [0, 0.1) is 5.41 Å². The van der Waals surface area contributed by atoms with E-state index in [9.17, 15) is 4.79 Å². The van der Waals surface area contributed by atoms with Crippen molar-refractivity contribution in [3.8, 4) is 5.75 Å². The van der Waals surface area contributed by atoms with Crippen molar-refractivity contribution in [3.05, 3.63) is 29.8 Å². The summed E-state index contributed by atoms with van der Waals surface area (Å²) in [5.41, 5.74) is 6.97. The summed E-state index contributed by atoms with van der Waals surface area (Å²) in [5, 5.41) is 3.04. The summed E-state index contributed by atoms with van der Waals surface area (Å²) >= 11 is 0. The Morgan fingerprint density at radius 1 is 1.40 bits per heavy atom. The molecule has 0 unspecified atom stereocenters. The third-order valence-electron chi connectivity index (χ3n) is 4.26. The zero-order valence-electron chi connectivity index (χ0n) is 12.2. The molecule has 1 aromatic rings. The van der Waals surface area contributed by atoms with Crippen molar-refractivity contribution >= 4 is 5.91 Å². The second kappa shape index (κ2) is 6.75. The number of methoxy groups -OCH3 is 1. The highest BCUT2D eigenvalue weighted by atomic mass is 16.5. The van der Waals surface area contributed by atoms with Crippen molar-refractivity contribution in [2.24, 2.45) is 11.1 Å². The van der Waals surface area contributed by atoms with Crippen molar-refractivity contribution < 1.29 is 9.53 Å². The maximum atomic E-state index is 12.0. The van der Waals surface area contributed by atoms with Crippen molar-refractivity contribution in [3.63, 3.8) is 0 Å². The van der Waals surface area contributed by atoms with Gasteiger partial charge in [-0.15, -0.1) is 0 Å². The quantitative estimate of drug-likeness (QED) is 0.833. The summed E-state index contributed by atoms with van der Waals surface area (Å²) in [6, 6.07) is 7.62. The van der Waals surface area contributed by atoms with Crippen LogP contribution in [-0.4, -0.2) is 26.1 Å². The molecule has 4 nitrogen and oxygen atoms in total. The average Bonchev–Trinajstić information content (AvgIpc) is 2.95. The maximum absolute atomic E-state index is 12.0. The number of hydrogen-bond donors (Lipinski definition) is 2. The third-order valence-corrected chi connectivity index (χ3v) is 4.26. The molecule has 0 radical (unpaired) electrons. The first-order valence-corrected chi connectivity index (χ1v) is 7.27. The first-order chi connectivity index (χ1) is 9.67. The first kappa shape index (κ1) is 14.9. The lowest BCUT2D eigenvalue weighted by Gasteiger charge is -2.27. The van der Waals surface area contributed by atoms with Crippen LogP contribution >= 0.6 is 0 Å². The van der Waals surface area contributed by atoms with Crippen LogP contribution in [0.4, 0.5) is 0 Å². The summed E-state index contributed by atoms with van der Waals surface area (Å²) < 4.78 is 5.16. The number of carbonyl (C=O) groups excluding carboxylic acids is 1. The van der Waals surface area contributed by atoms with Crippen LogP contribution in [0.2, 0.25) is 0 Å². The van der Waals surface area contributed by atoms with Gasteiger partial charge < -0.3 is 15.8 Å². The Balaban J connectivity index is 1.85. The largest absolute Gasteiger partial charge is 0.497 e. The molecule has 3 N–H and O–H groups in total. The Morgan fingerprint density at radius 2 is 2.15 bits per heavy atom. The van der Waals surface area contributed by atoms with Crippen LogP contribution in [0.15, 0.2) is 24.3 Å². The second-order valence-corrected chi connectivity index (χ2v) is 5.72. The molecule has 0 bridgehead atoms. The predicted molar refractivity (Wildman–Crippen MR) is 79.7 cm³/mol. The summed E-state index contributed by atoms with van der Waals surface area (Å²) in [7, 11) is 1.63. The van der Waals surface area contributed by atoms with Crippen LogP contribution < -0.4 is 15.8 Å². The summed E-state index contributed by atoms with van der Waals surface area (Å²) in [6.45, 7) is 1.36. The Kier molecular flexibility index (Phi) is 5.01. The lowest BCUT2D eigenvalue weighted by molar-refractivity contribution is -0.120. The fourth-order valence-electron chi connectivity index (χ4n) is 2.89. The number of benzene rings is 1. The molecule has 0 saturated heterocycles. The average molecular weight is 276 g/mol. The van der Waals surface area contributed by atoms with E-state index in [1.54, 1.807) is 7.11 Å². The molecule has 0 aliphatic heterocycles. The van der Waals surface area contributed by atoms with E-state index in [1.165, 1.54) is 12.8 Å². The minimum Gasteiger partial charge on any atom is -0.497 e. The van der Waals surface area contributed by atoms with E-state index in [0.29, 0.717) is 19.5 Å². The number of nitrogens with two attached hydrogens (primary N) is 1. The monoisotopic (exact) mass is 276 g/mol. The SMILES string of the molecule is COc1cccc(CC(=O)NCC2(CN)CCCC2)c1. The molecule has 1 aromatic carbocycles. The fraction of sp³-hybridized carbons (Fsp3) is 0.562. The molecule has 1 amide bonds. The van der Waals surface area contributed by atoms with Gasteiger partial charge in [0.15, 0.2) is 0 Å². The highest BCUT2D eigenvalue weighted by molar-refractivity contribution is 5.78. The maximum Gasteiger partial charge on any atom is 0.224 e.